The maximum absolute atomic E-state index is 6.02. The van der Waals surface area contributed by atoms with Crippen LogP contribution in [0.15, 0.2) is 6.07 Å². The minimum absolute atomic E-state index is 0.503. The fraction of sp³-hybridized carbons (Fsp3) is 0.692. The van der Waals surface area contributed by atoms with Crippen molar-refractivity contribution in [3.8, 4) is 0 Å². The molecule has 2 fully saturated rings. The molecule has 0 bridgehead atoms. The lowest BCUT2D eigenvalue weighted by atomic mass is 10.1. The number of nitrogens with zero attached hydrogens (tertiary/aromatic N) is 2. The van der Waals surface area contributed by atoms with Crippen LogP contribution in [-0.2, 0) is 0 Å². The lowest BCUT2D eigenvalue weighted by Crippen LogP contribution is -2.09. The second-order valence-electron chi connectivity index (χ2n) is 5.98. The van der Waals surface area contributed by atoms with Crippen molar-refractivity contribution >= 4 is 17.4 Å². The maximum Gasteiger partial charge on any atom is 0.135 e. The first-order valence-corrected chi connectivity index (χ1v) is 6.71. The Morgan fingerprint density at radius 3 is 2.71 bits per heavy atom. The summed E-state index contributed by atoms with van der Waals surface area (Å²) in [6.07, 6.45) is 3.71. The third-order valence-electron chi connectivity index (χ3n) is 3.90. The molecular weight excluding hydrogens is 234 g/mol. The van der Waals surface area contributed by atoms with Gasteiger partial charge in [0.1, 0.15) is 16.8 Å². The quantitative estimate of drug-likeness (QED) is 0.833. The molecule has 3 nitrogen and oxygen atoms in total. The standard InChI is InChI=1S/C13H18ClN3/c1-13(2)6-9(13)7-15-11-5-10(14)16-12(17-11)8-3-4-8/h5,8-9H,3-4,6-7H2,1-2H3,(H,15,16,17). The summed E-state index contributed by atoms with van der Waals surface area (Å²) < 4.78 is 0. The van der Waals surface area contributed by atoms with Crippen LogP contribution >= 0.6 is 11.6 Å². The highest BCUT2D eigenvalue weighted by atomic mass is 35.5. The van der Waals surface area contributed by atoms with Gasteiger partial charge in [-0.2, -0.15) is 0 Å². The third-order valence-corrected chi connectivity index (χ3v) is 4.10. The molecule has 2 aliphatic carbocycles. The first-order valence-electron chi connectivity index (χ1n) is 6.33. The SMILES string of the molecule is CC1(C)CC1CNc1cc(Cl)nc(C2CC2)n1. The molecule has 2 saturated carbocycles. The molecule has 0 radical (unpaired) electrons. The van der Waals surface area contributed by atoms with Crippen LogP contribution < -0.4 is 5.32 Å². The van der Waals surface area contributed by atoms with Gasteiger partial charge in [0, 0.05) is 18.5 Å². The summed E-state index contributed by atoms with van der Waals surface area (Å²) in [5, 5.41) is 3.95. The minimum Gasteiger partial charge on any atom is -0.370 e. The summed E-state index contributed by atoms with van der Waals surface area (Å²) in [6, 6.07) is 1.82. The molecule has 17 heavy (non-hydrogen) atoms. The van der Waals surface area contributed by atoms with Crippen LogP contribution in [0.5, 0.6) is 0 Å². The van der Waals surface area contributed by atoms with Gasteiger partial charge in [-0.25, -0.2) is 9.97 Å². The van der Waals surface area contributed by atoms with Gasteiger partial charge in [-0.3, -0.25) is 0 Å². The number of aromatic nitrogens is 2. The van der Waals surface area contributed by atoms with Crippen LogP contribution in [-0.4, -0.2) is 16.5 Å². The van der Waals surface area contributed by atoms with Crippen LogP contribution in [0.1, 0.15) is 44.9 Å². The summed E-state index contributed by atoms with van der Waals surface area (Å²) in [6.45, 7) is 5.61. The second kappa shape index (κ2) is 3.84. The van der Waals surface area contributed by atoms with E-state index >= 15 is 0 Å². The maximum atomic E-state index is 6.02. The average molecular weight is 252 g/mol. The van der Waals surface area contributed by atoms with E-state index in [2.05, 4.69) is 29.1 Å². The van der Waals surface area contributed by atoms with Crippen molar-refractivity contribution in [1.82, 2.24) is 9.97 Å². The number of hydrogen-bond acceptors (Lipinski definition) is 3. The molecule has 0 aromatic carbocycles. The molecule has 1 aromatic rings. The summed E-state index contributed by atoms with van der Waals surface area (Å²) in [5.74, 6) is 3.11. The van der Waals surface area contributed by atoms with E-state index in [1.54, 1.807) is 0 Å². The summed E-state index contributed by atoms with van der Waals surface area (Å²) in [5.41, 5.74) is 0.503. The van der Waals surface area contributed by atoms with E-state index in [1.165, 1.54) is 19.3 Å². The van der Waals surface area contributed by atoms with Gasteiger partial charge in [-0.1, -0.05) is 25.4 Å². The number of anilines is 1. The van der Waals surface area contributed by atoms with E-state index in [4.69, 9.17) is 11.6 Å². The molecule has 3 rings (SSSR count). The fourth-order valence-electron chi connectivity index (χ4n) is 2.20. The number of halogens is 1. The van der Waals surface area contributed by atoms with Crippen LogP contribution in [0.4, 0.5) is 5.82 Å². The van der Waals surface area contributed by atoms with Gasteiger partial charge >= 0.3 is 0 Å². The Hall–Kier alpha value is -0.830. The Balaban J connectivity index is 1.66. The Morgan fingerprint density at radius 2 is 2.12 bits per heavy atom. The van der Waals surface area contributed by atoms with Crippen molar-refractivity contribution in [1.29, 1.82) is 0 Å². The van der Waals surface area contributed by atoms with Gasteiger partial charge in [-0.15, -0.1) is 0 Å². The molecule has 1 unspecified atom stereocenters. The summed E-state index contributed by atoms with van der Waals surface area (Å²) in [4.78, 5) is 8.82. The highest BCUT2D eigenvalue weighted by Crippen LogP contribution is 2.51. The van der Waals surface area contributed by atoms with Crippen LogP contribution in [0.2, 0.25) is 5.15 Å². The van der Waals surface area contributed by atoms with E-state index in [-0.39, 0.29) is 0 Å². The Morgan fingerprint density at radius 1 is 1.41 bits per heavy atom. The van der Waals surface area contributed by atoms with Crippen molar-refractivity contribution < 1.29 is 0 Å². The topological polar surface area (TPSA) is 37.8 Å². The second-order valence-corrected chi connectivity index (χ2v) is 6.37. The molecule has 92 valence electrons. The third kappa shape index (κ3) is 2.54. The van der Waals surface area contributed by atoms with Crippen LogP contribution in [0.25, 0.3) is 0 Å². The minimum atomic E-state index is 0.503. The zero-order valence-electron chi connectivity index (χ0n) is 10.3. The van der Waals surface area contributed by atoms with Gasteiger partial charge in [0.15, 0.2) is 0 Å². The lowest BCUT2D eigenvalue weighted by molar-refractivity contribution is 0.572. The molecule has 0 saturated heterocycles. The van der Waals surface area contributed by atoms with Crippen molar-refractivity contribution in [2.24, 2.45) is 11.3 Å². The molecule has 0 amide bonds. The number of rotatable bonds is 4. The van der Waals surface area contributed by atoms with Gasteiger partial charge in [0.2, 0.25) is 0 Å². The van der Waals surface area contributed by atoms with Gasteiger partial charge in [-0.05, 0) is 30.6 Å². The van der Waals surface area contributed by atoms with Crippen molar-refractivity contribution in [3.63, 3.8) is 0 Å². The number of hydrogen-bond donors (Lipinski definition) is 1. The summed E-state index contributed by atoms with van der Waals surface area (Å²) in [7, 11) is 0. The molecule has 1 heterocycles. The molecule has 0 spiro atoms. The zero-order chi connectivity index (χ0) is 12.0. The average Bonchev–Trinajstić information content (AvgIpc) is 3.11. The Kier molecular flexibility index (Phi) is 2.54. The van der Waals surface area contributed by atoms with E-state index in [0.29, 0.717) is 16.5 Å². The van der Waals surface area contributed by atoms with Gasteiger partial charge < -0.3 is 5.32 Å². The van der Waals surface area contributed by atoms with Gasteiger partial charge in [0.25, 0.3) is 0 Å². The molecule has 4 heteroatoms. The van der Waals surface area contributed by atoms with E-state index < -0.39 is 0 Å². The normalized spacial score (nSPS) is 25.7. The lowest BCUT2D eigenvalue weighted by Gasteiger charge is -2.08. The molecule has 2 aliphatic rings. The summed E-state index contributed by atoms with van der Waals surface area (Å²) >= 11 is 6.02. The molecule has 1 atom stereocenters. The van der Waals surface area contributed by atoms with Gasteiger partial charge in [0.05, 0.1) is 0 Å². The molecule has 0 aliphatic heterocycles. The predicted octanol–water partition coefficient (Wildman–Crippen LogP) is 3.47. The highest BCUT2D eigenvalue weighted by Gasteiger charge is 2.45. The monoisotopic (exact) mass is 251 g/mol. The van der Waals surface area contributed by atoms with E-state index in [0.717, 1.165) is 24.1 Å². The van der Waals surface area contributed by atoms with Crippen molar-refractivity contribution in [2.75, 3.05) is 11.9 Å². The number of nitrogens with one attached hydrogen (secondary N) is 1. The van der Waals surface area contributed by atoms with E-state index in [1.807, 2.05) is 6.07 Å². The van der Waals surface area contributed by atoms with Crippen LogP contribution in [0, 0.1) is 11.3 Å². The first-order chi connectivity index (χ1) is 8.04. The van der Waals surface area contributed by atoms with E-state index in [9.17, 15) is 0 Å². The predicted molar refractivity (Wildman–Crippen MR) is 69.4 cm³/mol. The Labute approximate surface area is 107 Å². The van der Waals surface area contributed by atoms with Crippen LogP contribution in [0.3, 0.4) is 0 Å². The Bertz CT molecular complexity index is 440. The zero-order valence-corrected chi connectivity index (χ0v) is 11.1. The van der Waals surface area contributed by atoms with Crippen molar-refractivity contribution in [3.05, 3.63) is 17.0 Å². The smallest absolute Gasteiger partial charge is 0.135 e. The molecule has 1 aromatic heterocycles. The molecular formula is C13H18ClN3. The van der Waals surface area contributed by atoms with Crippen molar-refractivity contribution in [2.45, 2.75) is 39.0 Å². The largest absolute Gasteiger partial charge is 0.370 e. The highest BCUT2D eigenvalue weighted by molar-refractivity contribution is 6.29. The first kappa shape index (κ1) is 11.3. The molecule has 1 N–H and O–H groups in total. The fourth-order valence-corrected chi connectivity index (χ4v) is 2.39.